The molecule has 0 amide bonds. The molecule has 0 radical (unpaired) electrons. The molecule has 0 bridgehead atoms. The van der Waals surface area contributed by atoms with E-state index in [0.717, 1.165) is 6.07 Å². The van der Waals surface area contributed by atoms with Crippen molar-refractivity contribution in [1.29, 1.82) is 0 Å². The third-order valence-electron chi connectivity index (χ3n) is 3.43. The van der Waals surface area contributed by atoms with Crippen molar-refractivity contribution in [3.05, 3.63) is 52.7 Å². The molecule has 0 fully saturated rings. The van der Waals surface area contributed by atoms with E-state index in [-0.39, 0.29) is 27.4 Å². The molecule has 0 aliphatic carbocycles. The molecule has 0 atom stereocenters. The number of hydrogen-bond donors (Lipinski definition) is 1. The van der Waals surface area contributed by atoms with E-state index in [1.54, 1.807) is 24.3 Å². The lowest BCUT2D eigenvalue weighted by Gasteiger charge is -2.14. The lowest BCUT2D eigenvalue weighted by atomic mass is 10.1. The van der Waals surface area contributed by atoms with Crippen LogP contribution in [-0.4, -0.2) is 13.5 Å². The molecule has 3 aromatic rings. The molecule has 2 aromatic carbocycles. The molecule has 4 nitrogen and oxygen atoms in total. The highest BCUT2D eigenvalue weighted by atomic mass is 32.1. The largest absolute Gasteiger partial charge is 0.573 e. The van der Waals surface area contributed by atoms with Crippen LogP contribution in [0.5, 0.6) is 11.5 Å². The van der Waals surface area contributed by atoms with Gasteiger partial charge < -0.3 is 13.9 Å². The maximum absolute atomic E-state index is 12.6. The number of benzene rings is 2. The number of fused-ring (bicyclic) bond motifs is 1. The van der Waals surface area contributed by atoms with Crippen LogP contribution in [-0.2, 0) is 0 Å². The summed E-state index contributed by atoms with van der Waals surface area (Å²) in [5.74, 6) is -0.609. The molecule has 130 valence electrons. The van der Waals surface area contributed by atoms with E-state index in [9.17, 15) is 18.0 Å². The van der Waals surface area contributed by atoms with Crippen LogP contribution < -0.4 is 14.9 Å². The summed E-state index contributed by atoms with van der Waals surface area (Å²) in [5.41, 5.74) is 0.122. The predicted octanol–water partition coefficient (Wildman–Crippen LogP) is 4.66. The Kier molecular flexibility index (Phi) is 4.38. The fraction of sp³-hybridized carbons (Fsp3) is 0.118. The molecular formula is C17H11F3O4S. The van der Waals surface area contributed by atoms with Crippen LogP contribution >= 0.6 is 12.6 Å². The normalized spacial score (nSPS) is 11.6. The number of para-hydroxylation sites is 1. The van der Waals surface area contributed by atoms with Crippen LogP contribution in [0, 0.1) is 0 Å². The van der Waals surface area contributed by atoms with Gasteiger partial charge in [0.1, 0.15) is 5.58 Å². The molecule has 0 spiro atoms. The second kappa shape index (κ2) is 6.36. The topological polar surface area (TPSA) is 48.7 Å². The summed E-state index contributed by atoms with van der Waals surface area (Å²) in [6.07, 6.45) is -4.89. The summed E-state index contributed by atoms with van der Waals surface area (Å²) >= 11 is 4.17. The molecule has 1 aromatic heterocycles. The molecule has 0 saturated heterocycles. The number of rotatable bonds is 3. The quantitative estimate of drug-likeness (QED) is 0.684. The minimum atomic E-state index is -4.89. The summed E-state index contributed by atoms with van der Waals surface area (Å²) in [4.78, 5) is 12.4. The van der Waals surface area contributed by atoms with Crippen molar-refractivity contribution in [3.8, 4) is 22.8 Å². The van der Waals surface area contributed by atoms with Crippen LogP contribution in [0.1, 0.15) is 0 Å². The maximum atomic E-state index is 12.6. The first-order chi connectivity index (χ1) is 11.8. The summed E-state index contributed by atoms with van der Waals surface area (Å²) in [6.45, 7) is 0. The van der Waals surface area contributed by atoms with Gasteiger partial charge >= 0.3 is 6.36 Å². The highest BCUT2D eigenvalue weighted by molar-refractivity contribution is 7.80. The van der Waals surface area contributed by atoms with Crippen molar-refractivity contribution in [1.82, 2.24) is 0 Å². The lowest BCUT2D eigenvalue weighted by molar-refractivity contribution is -0.275. The van der Waals surface area contributed by atoms with Gasteiger partial charge in [0.25, 0.3) is 0 Å². The maximum Gasteiger partial charge on any atom is 0.573 e. The van der Waals surface area contributed by atoms with Crippen molar-refractivity contribution in [2.24, 2.45) is 0 Å². The second-order valence-corrected chi connectivity index (χ2v) is 5.47. The Morgan fingerprint density at radius 2 is 1.80 bits per heavy atom. The smallest absolute Gasteiger partial charge is 0.493 e. The zero-order chi connectivity index (χ0) is 18.2. The number of hydrogen-bond acceptors (Lipinski definition) is 5. The van der Waals surface area contributed by atoms with Gasteiger partial charge in [0.15, 0.2) is 17.3 Å². The van der Waals surface area contributed by atoms with Gasteiger partial charge in [-0.1, -0.05) is 12.1 Å². The van der Waals surface area contributed by atoms with E-state index < -0.39 is 12.1 Å². The summed E-state index contributed by atoms with van der Waals surface area (Å²) in [6, 6.07) is 10.3. The number of alkyl halides is 3. The van der Waals surface area contributed by atoms with Crippen LogP contribution in [0.15, 0.2) is 56.6 Å². The van der Waals surface area contributed by atoms with Gasteiger partial charge in [-0.25, -0.2) is 0 Å². The van der Waals surface area contributed by atoms with Gasteiger partial charge in [-0.15, -0.1) is 25.8 Å². The van der Waals surface area contributed by atoms with Crippen molar-refractivity contribution in [2.75, 3.05) is 7.11 Å². The number of methoxy groups -OCH3 is 1. The minimum Gasteiger partial charge on any atom is -0.493 e. The van der Waals surface area contributed by atoms with Gasteiger partial charge in [0, 0.05) is 5.56 Å². The molecule has 0 aliphatic heterocycles. The van der Waals surface area contributed by atoms with E-state index in [1.807, 2.05) is 0 Å². The molecular weight excluding hydrogens is 357 g/mol. The van der Waals surface area contributed by atoms with Crippen LogP contribution in [0.2, 0.25) is 0 Å². The van der Waals surface area contributed by atoms with Crippen molar-refractivity contribution in [2.45, 2.75) is 11.3 Å². The Hall–Kier alpha value is -2.61. The van der Waals surface area contributed by atoms with Crippen LogP contribution in [0.4, 0.5) is 13.2 Å². The fourth-order valence-electron chi connectivity index (χ4n) is 2.35. The molecule has 25 heavy (non-hydrogen) atoms. The molecule has 8 heteroatoms. The molecule has 0 saturated carbocycles. The summed E-state index contributed by atoms with van der Waals surface area (Å²) in [5, 5.41) is 0.330. The van der Waals surface area contributed by atoms with E-state index in [1.165, 1.54) is 19.2 Å². The first kappa shape index (κ1) is 17.2. The Bertz CT molecular complexity index is 995. The first-order valence-corrected chi connectivity index (χ1v) is 7.44. The third-order valence-corrected chi connectivity index (χ3v) is 3.83. The third kappa shape index (κ3) is 3.43. The monoisotopic (exact) mass is 368 g/mol. The number of halogens is 3. The van der Waals surface area contributed by atoms with Gasteiger partial charge in [0.05, 0.1) is 17.4 Å². The molecule has 3 rings (SSSR count). The second-order valence-electron chi connectivity index (χ2n) is 5.02. The van der Waals surface area contributed by atoms with Crippen molar-refractivity contribution >= 4 is 23.6 Å². The van der Waals surface area contributed by atoms with Crippen molar-refractivity contribution < 1.29 is 27.1 Å². The van der Waals surface area contributed by atoms with E-state index in [2.05, 4.69) is 17.4 Å². The van der Waals surface area contributed by atoms with Crippen molar-refractivity contribution in [3.63, 3.8) is 0 Å². The highest BCUT2D eigenvalue weighted by Gasteiger charge is 2.32. The van der Waals surface area contributed by atoms with Gasteiger partial charge in [-0.3, -0.25) is 4.79 Å². The zero-order valence-corrected chi connectivity index (χ0v) is 13.6. The highest BCUT2D eigenvalue weighted by Crippen LogP contribution is 2.37. The molecule has 0 aliphatic rings. The van der Waals surface area contributed by atoms with E-state index in [0.29, 0.717) is 11.0 Å². The van der Waals surface area contributed by atoms with Crippen LogP contribution in [0.3, 0.4) is 0 Å². The fourth-order valence-corrected chi connectivity index (χ4v) is 2.65. The first-order valence-electron chi connectivity index (χ1n) is 6.99. The van der Waals surface area contributed by atoms with Gasteiger partial charge in [0.2, 0.25) is 5.43 Å². The molecule has 0 N–H and O–H groups in total. The average molecular weight is 368 g/mol. The minimum absolute atomic E-state index is 0.0122. The average Bonchev–Trinajstić information content (AvgIpc) is 2.56. The Morgan fingerprint density at radius 3 is 2.48 bits per heavy atom. The van der Waals surface area contributed by atoms with Gasteiger partial charge in [-0.2, -0.15) is 0 Å². The molecule has 1 heterocycles. The molecule has 0 unspecified atom stereocenters. The number of ether oxygens (including phenoxy) is 2. The lowest BCUT2D eigenvalue weighted by Crippen LogP contribution is -2.17. The van der Waals surface area contributed by atoms with E-state index >= 15 is 0 Å². The standard InChI is InChI=1S/C17H11F3O4S/c1-22-12-7-6-9(8-13(12)24-17(18,19)20)15-16(25)14(21)10-4-2-3-5-11(10)23-15/h2-8,25H,1H3. The van der Waals surface area contributed by atoms with E-state index in [4.69, 9.17) is 9.15 Å². The summed E-state index contributed by atoms with van der Waals surface area (Å²) < 4.78 is 52.2. The Labute approximate surface area is 145 Å². The Balaban J connectivity index is 2.20. The predicted molar refractivity (Wildman–Crippen MR) is 88.4 cm³/mol. The number of thiol groups is 1. The SMILES string of the molecule is COc1ccc(-c2oc3ccccc3c(=O)c2S)cc1OC(F)(F)F. The zero-order valence-electron chi connectivity index (χ0n) is 12.8. The van der Waals surface area contributed by atoms with Crippen LogP contribution in [0.25, 0.3) is 22.3 Å². The Morgan fingerprint density at radius 1 is 1.08 bits per heavy atom. The summed E-state index contributed by atoms with van der Waals surface area (Å²) in [7, 11) is 1.22. The van der Waals surface area contributed by atoms with Gasteiger partial charge in [-0.05, 0) is 30.3 Å².